The van der Waals surface area contributed by atoms with Crippen molar-refractivity contribution in [1.82, 2.24) is 9.71 Å². The highest BCUT2D eigenvalue weighted by Crippen LogP contribution is 2.28. The van der Waals surface area contributed by atoms with E-state index in [2.05, 4.69) is 15.0 Å². The molecule has 0 radical (unpaired) electrons. The maximum absolute atomic E-state index is 12.7. The Morgan fingerprint density at radius 1 is 1.19 bits per heavy atom. The molecular weight excluding hydrogens is 390 g/mol. The first-order valence-corrected chi connectivity index (χ1v) is 11.2. The number of hydrogen-bond acceptors (Lipinski definition) is 6. The molecule has 138 valence electrons. The van der Waals surface area contributed by atoms with Gasteiger partial charge in [-0.05, 0) is 35.9 Å². The van der Waals surface area contributed by atoms with Crippen molar-refractivity contribution in [2.75, 3.05) is 5.32 Å². The van der Waals surface area contributed by atoms with Crippen LogP contribution in [0, 0.1) is 12.8 Å². The van der Waals surface area contributed by atoms with Crippen LogP contribution in [0.15, 0.2) is 39.9 Å². The van der Waals surface area contributed by atoms with Crippen LogP contribution >= 0.6 is 22.7 Å². The van der Waals surface area contributed by atoms with Gasteiger partial charge >= 0.3 is 0 Å². The van der Waals surface area contributed by atoms with E-state index in [0.717, 1.165) is 27.1 Å². The number of thiazole rings is 1. The first-order valence-electron chi connectivity index (χ1n) is 8.01. The number of carbonyl (C=O) groups excluding carboxylic acids is 1. The van der Waals surface area contributed by atoms with Crippen molar-refractivity contribution in [3.05, 3.63) is 41.3 Å². The van der Waals surface area contributed by atoms with Crippen molar-refractivity contribution < 1.29 is 13.2 Å². The van der Waals surface area contributed by atoms with Crippen molar-refractivity contribution in [3.63, 3.8) is 0 Å². The number of aryl methyl sites for hydroxylation is 1. The smallest absolute Gasteiger partial charge is 0.250 e. The standard InChI is InChI=1S/C17H19N3O3S3/c1-10(2)14(20-26(22,23)13-8-5-9-24-13)16(21)19-17-18-15-11(3)6-4-7-12(15)25-17/h4-10,14,20H,1-3H3,(H,18,19,21)/t14-/m1/s1. The predicted molar refractivity (Wildman–Crippen MR) is 106 cm³/mol. The summed E-state index contributed by atoms with van der Waals surface area (Å²) in [6.07, 6.45) is 0. The Morgan fingerprint density at radius 3 is 2.58 bits per heavy atom. The minimum absolute atomic E-state index is 0.187. The molecule has 3 aromatic rings. The lowest BCUT2D eigenvalue weighted by Gasteiger charge is -2.20. The zero-order valence-corrected chi connectivity index (χ0v) is 17.0. The van der Waals surface area contributed by atoms with E-state index in [1.54, 1.807) is 25.3 Å². The Balaban J connectivity index is 1.81. The Hall–Kier alpha value is -1.81. The average molecular weight is 410 g/mol. The Morgan fingerprint density at radius 2 is 1.96 bits per heavy atom. The van der Waals surface area contributed by atoms with Gasteiger partial charge in [0.05, 0.1) is 10.2 Å². The highest BCUT2D eigenvalue weighted by Gasteiger charge is 2.29. The summed E-state index contributed by atoms with van der Waals surface area (Å²) in [6, 6.07) is 8.11. The lowest BCUT2D eigenvalue weighted by molar-refractivity contribution is -0.118. The molecule has 2 aromatic heterocycles. The molecule has 1 amide bonds. The van der Waals surface area contributed by atoms with Crippen LogP contribution in [-0.2, 0) is 14.8 Å². The summed E-state index contributed by atoms with van der Waals surface area (Å²) in [7, 11) is -3.74. The Bertz CT molecular complexity index is 1020. The molecule has 0 bridgehead atoms. The van der Waals surface area contributed by atoms with Gasteiger partial charge in [-0.1, -0.05) is 43.4 Å². The van der Waals surface area contributed by atoms with Crippen LogP contribution in [0.2, 0.25) is 0 Å². The van der Waals surface area contributed by atoms with Crippen LogP contribution in [-0.4, -0.2) is 25.4 Å². The number of anilines is 1. The number of thiophene rings is 1. The van der Waals surface area contributed by atoms with Gasteiger partial charge in [0.1, 0.15) is 10.3 Å². The predicted octanol–water partition coefficient (Wildman–Crippen LogP) is 3.61. The summed E-state index contributed by atoms with van der Waals surface area (Å²) >= 11 is 2.48. The Kier molecular flexibility index (Phi) is 5.42. The molecule has 3 rings (SSSR count). The number of rotatable bonds is 6. The molecular formula is C17H19N3O3S3. The number of para-hydroxylation sites is 1. The van der Waals surface area contributed by atoms with Gasteiger partial charge in [0.25, 0.3) is 10.0 Å². The number of nitrogens with zero attached hydrogens (tertiary/aromatic N) is 1. The molecule has 0 aliphatic rings. The van der Waals surface area contributed by atoms with E-state index in [4.69, 9.17) is 0 Å². The molecule has 0 spiro atoms. The summed E-state index contributed by atoms with van der Waals surface area (Å²) in [6.45, 7) is 5.55. The van der Waals surface area contributed by atoms with Crippen molar-refractivity contribution >= 4 is 54.0 Å². The van der Waals surface area contributed by atoms with E-state index in [9.17, 15) is 13.2 Å². The van der Waals surface area contributed by atoms with Crippen molar-refractivity contribution in [2.24, 2.45) is 5.92 Å². The van der Waals surface area contributed by atoms with Gasteiger partial charge in [-0.25, -0.2) is 13.4 Å². The third kappa shape index (κ3) is 3.96. The molecule has 26 heavy (non-hydrogen) atoms. The van der Waals surface area contributed by atoms with Gasteiger partial charge in [-0.3, -0.25) is 4.79 Å². The molecule has 0 saturated heterocycles. The van der Waals surface area contributed by atoms with Gasteiger partial charge in [0.15, 0.2) is 5.13 Å². The third-order valence-corrected chi connectivity index (χ3v) is 7.62. The van der Waals surface area contributed by atoms with Crippen molar-refractivity contribution in [2.45, 2.75) is 31.0 Å². The highest BCUT2D eigenvalue weighted by atomic mass is 32.2. The maximum atomic E-state index is 12.7. The average Bonchev–Trinajstić information content (AvgIpc) is 3.22. The van der Waals surface area contributed by atoms with Crippen LogP contribution in [0.3, 0.4) is 0 Å². The largest absolute Gasteiger partial charge is 0.301 e. The van der Waals surface area contributed by atoms with E-state index < -0.39 is 22.0 Å². The van der Waals surface area contributed by atoms with E-state index >= 15 is 0 Å². The fraction of sp³-hybridized carbons (Fsp3) is 0.294. The number of aromatic nitrogens is 1. The Labute approximate surface area is 160 Å². The molecule has 0 unspecified atom stereocenters. The van der Waals surface area contributed by atoms with E-state index in [0.29, 0.717) is 5.13 Å². The zero-order chi connectivity index (χ0) is 18.9. The molecule has 6 nitrogen and oxygen atoms in total. The van der Waals surface area contributed by atoms with Crippen molar-refractivity contribution in [3.8, 4) is 0 Å². The quantitative estimate of drug-likeness (QED) is 0.651. The fourth-order valence-corrected chi connectivity index (χ4v) is 5.76. The summed E-state index contributed by atoms with van der Waals surface area (Å²) in [5.74, 6) is -0.641. The van der Waals surface area contributed by atoms with Crippen molar-refractivity contribution in [1.29, 1.82) is 0 Å². The van der Waals surface area contributed by atoms with Crippen LogP contribution in [0.1, 0.15) is 19.4 Å². The van der Waals surface area contributed by atoms with Gasteiger partial charge in [-0.15, -0.1) is 11.3 Å². The van der Waals surface area contributed by atoms with Crippen LogP contribution in [0.25, 0.3) is 10.2 Å². The lowest BCUT2D eigenvalue weighted by Crippen LogP contribution is -2.46. The number of amides is 1. The zero-order valence-electron chi connectivity index (χ0n) is 14.5. The maximum Gasteiger partial charge on any atom is 0.250 e. The normalized spacial score (nSPS) is 13.2. The fourth-order valence-electron chi connectivity index (χ4n) is 2.46. The summed E-state index contributed by atoms with van der Waals surface area (Å²) < 4.78 is 28.6. The molecule has 2 heterocycles. The summed E-state index contributed by atoms with van der Waals surface area (Å²) in [4.78, 5) is 17.1. The molecule has 0 aliphatic heterocycles. The van der Waals surface area contributed by atoms with Crippen LogP contribution in [0.4, 0.5) is 5.13 Å². The molecule has 2 N–H and O–H groups in total. The number of hydrogen-bond donors (Lipinski definition) is 2. The second-order valence-corrected chi connectivity index (χ2v) is 10.1. The van der Waals surface area contributed by atoms with Gasteiger partial charge in [0.2, 0.25) is 5.91 Å². The number of benzene rings is 1. The van der Waals surface area contributed by atoms with E-state index in [-0.39, 0.29) is 10.1 Å². The lowest BCUT2D eigenvalue weighted by atomic mass is 10.1. The topological polar surface area (TPSA) is 88.2 Å². The number of fused-ring (bicyclic) bond motifs is 1. The molecule has 0 fully saturated rings. The second-order valence-electron chi connectivity index (χ2n) is 6.20. The number of nitrogens with one attached hydrogen (secondary N) is 2. The molecule has 0 aliphatic carbocycles. The molecule has 0 saturated carbocycles. The van der Waals surface area contributed by atoms with Crippen LogP contribution in [0.5, 0.6) is 0 Å². The number of sulfonamides is 1. The minimum atomic E-state index is -3.74. The van der Waals surface area contributed by atoms with E-state index in [1.807, 2.05) is 25.1 Å². The summed E-state index contributed by atoms with van der Waals surface area (Å²) in [5.41, 5.74) is 1.87. The first-order chi connectivity index (χ1) is 12.3. The molecule has 1 atom stereocenters. The number of carbonyl (C=O) groups is 1. The molecule has 9 heteroatoms. The van der Waals surface area contributed by atoms with Crippen LogP contribution < -0.4 is 10.0 Å². The van der Waals surface area contributed by atoms with Gasteiger partial charge in [-0.2, -0.15) is 4.72 Å². The monoisotopic (exact) mass is 409 g/mol. The van der Waals surface area contributed by atoms with E-state index in [1.165, 1.54) is 17.4 Å². The van der Waals surface area contributed by atoms with Gasteiger partial charge < -0.3 is 5.32 Å². The second kappa shape index (κ2) is 7.43. The highest BCUT2D eigenvalue weighted by molar-refractivity contribution is 7.91. The SMILES string of the molecule is Cc1cccc2sc(NC(=O)[C@H](NS(=O)(=O)c3cccs3)C(C)C)nc12. The first kappa shape index (κ1) is 19.0. The molecule has 1 aromatic carbocycles. The summed E-state index contributed by atoms with van der Waals surface area (Å²) in [5, 5.41) is 4.89. The minimum Gasteiger partial charge on any atom is -0.301 e. The van der Waals surface area contributed by atoms with Gasteiger partial charge in [0, 0.05) is 0 Å². The third-order valence-electron chi connectivity index (χ3n) is 3.84.